The van der Waals surface area contributed by atoms with E-state index >= 15 is 0 Å². The minimum atomic E-state index is -1.31. The van der Waals surface area contributed by atoms with Gasteiger partial charge in [0, 0.05) is 12.5 Å². The first-order valence-corrected chi connectivity index (χ1v) is 8.97. The molecule has 0 aromatic heterocycles. The van der Waals surface area contributed by atoms with E-state index in [-0.39, 0.29) is 18.3 Å². The Labute approximate surface area is 138 Å². The second-order valence-corrected chi connectivity index (χ2v) is 7.16. The lowest BCUT2D eigenvalue weighted by molar-refractivity contribution is -0.306. The predicted octanol–water partition coefficient (Wildman–Crippen LogP) is 2.71. The first-order valence-electron chi connectivity index (χ1n) is 8.97. The van der Waals surface area contributed by atoms with Crippen molar-refractivity contribution in [2.45, 2.75) is 89.0 Å². The van der Waals surface area contributed by atoms with E-state index in [2.05, 4.69) is 13.8 Å². The molecule has 3 aliphatic rings. The largest absolute Gasteiger partial charge is 0.423 e. The maximum atomic E-state index is 11.4. The van der Waals surface area contributed by atoms with Crippen LogP contribution in [-0.4, -0.2) is 41.3 Å². The number of hydrogen-bond donors (Lipinski definition) is 1. The molecule has 2 saturated heterocycles. The summed E-state index contributed by atoms with van der Waals surface area (Å²) in [6, 6.07) is 0. The minimum absolute atomic E-state index is 0.132. The smallest absolute Gasteiger partial charge is 0.333 e. The topological polar surface area (TPSA) is 65.0 Å². The second-order valence-electron chi connectivity index (χ2n) is 7.16. The summed E-state index contributed by atoms with van der Waals surface area (Å²) in [7, 11) is 0. The second kappa shape index (κ2) is 6.91. The van der Waals surface area contributed by atoms with E-state index in [1.807, 2.05) is 0 Å². The number of hydrogen-bond acceptors (Lipinski definition) is 5. The van der Waals surface area contributed by atoms with Crippen LogP contribution in [0.3, 0.4) is 0 Å². The number of esters is 1. The number of aliphatic hydroxyl groups is 1. The predicted molar refractivity (Wildman–Crippen MR) is 84.7 cm³/mol. The van der Waals surface area contributed by atoms with Gasteiger partial charge in [0.25, 0.3) is 5.79 Å². The van der Waals surface area contributed by atoms with Gasteiger partial charge in [-0.05, 0) is 31.3 Å². The van der Waals surface area contributed by atoms with Gasteiger partial charge in [0.15, 0.2) is 0 Å². The molecule has 0 bridgehead atoms. The average molecular weight is 324 g/mol. The highest BCUT2D eigenvalue weighted by Crippen LogP contribution is 2.41. The highest BCUT2D eigenvalue weighted by molar-refractivity contribution is 5.85. The van der Waals surface area contributed by atoms with Gasteiger partial charge in [-0.25, -0.2) is 4.79 Å². The summed E-state index contributed by atoms with van der Waals surface area (Å²) < 4.78 is 17.6. The maximum Gasteiger partial charge on any atom is 0.333 e. The molecule has 1 N–H and O–H groups in total. The van der Waals surface area contributed by atoms with Gasteiger partial charge in [-0.15, -0.1) is 0 Å². The van der Waals surface area contributed by atoms with Crippen molar-refractivity contribution in [1.82, 2.24) is 0 Å². The number of unbranched alkanes of at least 4 members (excludes halogenated alkanes) is 2. The van der Waals surface area contributed by atoms with Crippen LogP contribution in [0.15, 0.2) is 12.2 Å². The van der Waals surface area contributed by atoms with E-state index < -0.39 is 17.9 Å². The number of carbonyl (C=O) groups is 1. The van der Waals surface area contributed by atoms with Crippen molar-refractivity contribution in [3.63, 3.8) is 0 Å². The van der Waals surface area contributed by atoms with Crippen LogP contribution >= 0.6 is 0 Å². The SMILES string of the molecule is CCCCC[C@@H]1CC[C@H](C)C2O[C@@]3(C=CC(=O)O3)[C@H](O)C[C@@H]2O1. The van der Waals surface area contributed by atoms with Crippen molar-refractivity contribution >= 4 is 5.97 Å². The van der Waals surface area contributed by atoms with Gasteiger partial charge in [0.05, 0.1) is 18.3 Å². The zero-order valence-corrected chi connectivity index (χ0v) is 14.1. The lowest BCUT2D eigenvalue weighted by Crippen LogP contribution is -2.58. The molecule has 0 aliphatic carbocycles. The molecule has 0 aromatic rings. The molecule has 23 heavy (non-hydrogen) atoms. The third kappa shape index (κ3) is 3.47. The zero-order valence-electron chi connectivity index (χ0n) is 14.1. The van der Waals surface area contributed by atoms with Gasteiger partial charge in [0.2, 0.25) is 0 Å². The number of fused-ring (bicyclic) bond motifs is 1. The highest BCUT2D eigenvalue weighted by atomic mass is 16.7. The summed E-state index contributed by atoms with van der Waals surface area (Å²) in [5.41, 5.74) is 0. The molecule has 1 spiro atoms. The molecule has 5 nitrogen and oxygen atoms in total. The van der Waals surface area contributed by atoms with E-state index in [1.165, 1.54) is 25.3 Å². The van der Waals surface area contributed by atoms with Gasteiger partial charge in [-0.3, -0.25) is 0 Å². The molecular weight excluding hydrogens is 296 g/mol. The summed E-state index contributed by atoms with van der Waals surface area (Å²) >= 11 is 0. The van der Waals surface area contributed by atoms with Crippen molar-refractivity contribution in [2.24, 2.45) is 5.92 Å². The molecular formula is C18H28O5. The number of rotatable bonds is 4. The number of ether oxygens (including phenoxy) is 3. The Morgan fingerprint density at radius 3 is 2.87 bits per heavy atom. The number of aliphatic hydroxyl groups excluding tert-OH is 1. The van der Waals surface area contributed by atoms with E-state index in [4.69, 9.17) is 14.2 Å². The molecule has 0 aromatic carbocycles. The van der Waals surface area contributed by atoms with E-state index in [0.717, 1.165) is 19.3 Å². The van der Waals surface area contributed by atoms with E-state index in [0.29, 0.717) is 12.3 Å². The minimum Gasteiger partial charge on any atom is -0.423 e. The highest BCUT2D eigenvalue weighted by Gasteiger charge is 2.54. The van der Waals surface area contributed by atoms with E-state index in [1.54, 1.807) is 6.08 Å². The van der Waals surface area contributed by atoms with Crippen LogP contribution in [-0.2, 0) is 19.0 Å². The molecule has 5 heteroatoms. The molecule has 130 valence electrons. The normalized spacial score (nSPS) is 43.3. The summed E-state index contributed by atoms with van der Waals surface area (Å²) in [5.74, 6) is -1.45. The molecule has 1 unspecified atom stereocenters. The Morgan fingerprint density at radius 2 is 2.17 bits per heavy atom. The third-order valence-corrected chi connectivity index (χ3v) is 5.32. The Kier molecular flexibility index (Phi) is 5.09. The zero-order chi connectivity index (χ0) is 16.4. The van der Waals surface area contributed by atoms with Gasteiger partial charge in [-0.1, -0.05) is 33.1 Å². The summed E-state index contributed by atoms with van der Waals surface area (Å²) in [4.78, 5) is 11.4. The Balaban J connectivity index is 1.68. The first-order chi connectivity index (χ1) is 11.0. The van der Waals surface area contributed by atoms with Crippen molar-refractivity contribution in [2.75, 3.05) is 0 Å². The van der Waals surface area contributed by atoms with Crippen molar-refractivity contribution in [3.05, 3.63) is 12.2 Å². The van der Waals surface area contributed by atoms with Crippen molar-refractivity contribution in [1.29, 1.82) is 0 Å². The van der Waals surface area contributed by atoms with Gasteiger partial charge in [0.1, 0.15) is 6.10 Å². The molecule has 3 heterocycles. The molecule has 3 aliphatic heterocycles. The number of carbonyl (C=O) groups excluding carboxylic acids is 1. The molecule has 0 radical (unpaired) electrons. The van der Waals surface area contributed by atoms with E-state index in [9.17, 15) is 9.90 Å². The molecule has 0 saturated carbocycles. The Morgan fingerprint density at radius 1 is 1.35 bits per heavy atom. The standard InChI is InChI=1S/C18H28O5/c1-3-4-5-6-13-8-7-12(2)17-14(21-13)11-15(19)18(23-17)10-9-16(20)22-18/h9-10,12-15,17,19H,3-8,11H2,1-2H3/t12-,13+,14-,15+,17?,18-/m0/s1. The Hall–Kier alpha value is -0.910. The third-order valence-electron chi connectivity index (χ3n) is 5.32. The van der Waals surface area contributed by atoms with Gasteiger partial charge in [-0.2, -0.15) is 0 Å². The molecule has 3 rings (SSSR count). The fourth-order valence-corrected chi connectivity index (χ4v) is 3.92. The monoisotopic (exact) mass is 324 g/mol. The van der Waals surface area contributed by atoms with Crippen molar-refractivity contribution < 1.29 is 24.1 Å². The van der Waals surface area contributed by atoms with Crippen LogP contribution in [0.4, 0.5) is 0 Å². The van der Waals surface area contributed by atoms with Crippen LogP contribution in [0.2, 0.25) is 0 Å². The molecule has 2 fully saturated rings. The van der Waals surface area contributed by atoms with Crippen LogP contribution in [0.5, 0.6) is 0 Å². The van der Waals surface area contributed by atoms with Gasteiger partial charge < -0.3 is 19.3 Å². The summed E-state index contributed by atoms with van der Waals surface area (Å²) in [6.45, 7) is 4.36. The Bertz CT molecular complexity index is 462. The summed E-state index contributed by atoms with van der Waals surface area (Å²) in [6.07, 6.45) is 9.14. The van der Waals surface area contributed by atoms with Crippen LogP contribution in [0.25, 0.3) is 0 Å². The van der Waals surface area contributed by atoms with Crippen molar-refractivity contribution in [3.8, 4) is 0 Å². The van der Waals surface area contributed by atoms with Crippen LogP contribution in [0, 0.1) is 5.92 Å². The fourth-order valence-electron chi connectivity index (χ4n) is 3.92. The average Bonchev–Trinajstić information content (AvgIpc) is 2.83. The first kappa shape index (κ1) is 16.9. The lowest BCUT2D eigenvalue weighted by atomic mass is 9.88. The lowest BCUT2D eigenvalue weighted by Gasteiger charge is -2.45. The fraction of sp³-hybridized carbons (Fsp3) is 0.833. The quantitative estimate of drug-likeness (QED) is 0.636. The molecule has 0 amide bonds. The molecule has 6 atom stereocenters. The summed E-state index contributed by atoms with van der Waals surface area (Å²) in [5, 5.41) is 10.5. The maximum absolute atomic E-state index is 11.4. The van der Waals surface area contributed by atoms with Crippen LogP contribution in [0.1, 0.15) is 58.8 Å². The van der Waals surface area contributed by atoms with Gasteiger partial charge >= 0.3 is 5.97 Å². The van der Waals surface area contributed by atoms with Crippen LogP contribution < -0.4 is 0 Å².